The predicted octanol–water partition coefficient (Wildman–Crippen LogP) is 3.90. The van der Waals surface area contributed by atoms with Crippen LogP contribution in [0.25, 0.3) is 0 Å². The third kappa shape index (κ3) is 5.60. The standard InChI is InChI=1S/C18H26O3/c1-2-3-10-16-13-17(19)18(21-16)11-7-12-20-14-15-8-5-4-6-9-15/h4-6,8-9,16,18H,2-3,7,10-14H2,1H3/t16-,18-/m0/s1. The molecule has 0 unspecified atom stereocenters. The molecule has 1 heterocycles. The van der Waals surface area contributed by atoms with E-state index in [1.807, 2.05) is 18.2 Å². The predicted molar refractivity (Wildman–Crippen MR) is 83.1 cm³/mol. The van der Waals surface area contributed by atoms with Crippen LogP contribution in [-0.2, 0) is 20.9 Å². The first-order chi connectivity index (χ1) is 10.3. The second-order valence-corrected chi connectivity index (χ2v) is 5.74. The van der Waals surface area contributed by atoms with Crippen LogP contribution in [-0.4, -0.2) is 24.6 Å². The quantitative estimate of drug-likeness (QED) is 0.647. The van der Waals surface area contributed by atoms with E-state index >= 15 is 0 Å². The van der Waals surface area contributed by atoms with Crippen molar-refractivity contribution in [1.29, 1.82) is 0 Å². The first-order valence-corrected chi connectivity index (χ1v) is 8.09. The van der Waals surface area contributed by atoms with Crippen molar-refractivity contribution < 1.29 is 14.3 Å². The molecule has 2 atom stereocenters. The smallest absolute Gasteiger partial charge is 0.164 e. The Bertz CT molecular complexity index is 416. The highest BCUT2D eigenvalue weighted by Gasteiger charge is 2.32. The maximum absolute atomic E-state index is 11.9. The van der Waals surface area contributed by atoms with Gasteiger partial charge in [-0.05, 0) is 24.8 Å². The Labute approximate surface area is 127 Å². The van der Waals surface area contributed by atoms with Crippen molar-refractivity contribution in [1.82, 2.24) is 0 Å². The zero-order valence-electron chi connectivity index (χ0n) is 12.9. The van der Waals surface area contributed by atoms with E-state index < -0.39 is 0 Å². The van der Waals surface area contributed by atoms with E-state index in [1.54, 1.807) is 0 Å². The van der Waals surface area contributed by atoms with Gasteiger partial charge in [0.2, 0.25) is 0 Å². The first-order valence-electron chi connectivity index (χ1n) is 8.09. The Morgan fingerprint density at radius 2 is 2.00 bits per heavy atom. The van der Waals surface area contributed by atoms with E-state index in [-0.39, 0.29) is 18.0 Å². The summed E-state index contributed by atoms with van der Waals surface area (Å²) in [7, 11) is 0. The maximum atomic E-state index is 11.9. The molecule has 0 amide bonds. The number of hydrogen-bond acceptors (Lipinski definition) is 3. The molecule has 2 rings (SSSR count). The van der Waals surface area contributed by atoms with E-state index in [4.69, 9.17) is 9.47 Å². The van der Waals surface area contributed by atoms with Gasteiger partial charge in [-0.1, -0.05) is 50.1 Å². The summed E-state index contributed by atoms with van der Waals surface area (Å²) in [6.07, 6.45) is 5.57. The molecule has 0 aliphatic carbocycles. The minimum atomic E-state index is -0.188. The van der Waals surface area contributed by atoms with E-state index in [1.165, 1.54) is 5.56 Å². The lowest BCUT2D eigenvalue weighted by Crippen LogP contribution is -2.16. The molecule has 1 fully saturated rings. The molecular formula is C18H26O3. The summed E-state index contributed by atoms with van der Waals surface area (Å²) in [5.41, 5.74) is 1.19. The van der Waals surface area contributed by atoms with Gasteiger partial charge in [-0.25, -0.2) is 0 Å². The largest absolute Gasteiger partial charge is 0.377 e. The molecule has 0 radical (unpaired) electrons. The fraction of sp³-hybridized carbons (Fsp3) is 0.611. The Hall–Kier alpha value is -1.19. The lowest BCUT2D eigenvalue weighted by atomic mass is 10.1. The monoisotopic (exact) mass is 290 g/mol. The molecule has 21 heavy (non-hydrogen) atoms. The number of benzene rings is 1. The van der Waals surface area contributed by atoms with Gasteiger partial charge in [-0.2, -0.15) is 0 Å². The zero-order valence-corrected chi connectivity index (χ0v) is 12.9. The minimum Gasteiger partial charge on any atom is -0.377 e. The van der Waals surface area contributed by atoms with Crippen molar-refractivity contribution in [3.8, 4) is 0 Å². The molecule has 0 saturated carbocycles. The second kappa shape index (κ2) is 8.96. The molecule has 1 saturated heterocycles. The average molecular weight is 290 g/mol. The number of carbonyl (C=O) groups excluding carboxylic acids is 1. The van der Waals surface area contributed by atoms with Crippen molar-refractivity contribution in [3.05, 3.63) is 35.9 Å². The van der Waals surface area contributed by atoms with Crippen LogP contribution in [0.15, 0.2) is 30.3 Å². The van der Waals surface area contributed by atoms with Gasteiger partial charge < -0.3 is 9.47 Å². The molecule has 0 aromatic heterocycles. The second-order valence-electron chi connectivity index (χ2n) is 5.74. The summed E-state index contributed by atoms with van der Waals surface area (Å²) in [5.74, 6) is 0.277. The van der Waals surface area contributed by atoms with Gasteiger partial charge in [0, 0.05) is 13.0 Å². The van der Waals surface area contributed by atoms with Crippen LogP contribution < -0.4 is 0 Å². The Balaban J connectivity index is 1.57. The zero-order chi connectivity index (χ0) is 14.9. The number of unbranched alkanes of at least 4 members (excludes halogenated alkanes) is 1. The van der Waals surface area contributed by atoms with Crippen molar-refractivity contribution in [3.63, 3.8) is 0 Å². The van der Waals surface area contributed by atoms with E-state index in [0.717, 1.165) is 32.1 Å². The maximum Gasteiger partial charge on any atom is 0.164 e. The topological polar surface area (TPSA) is 35.5 Å². The lowest BCUT2D eigenvalue weighted by Gasteiger charge is -2.12. The Kier molecular flexibility index (Phi) is 6.90. The molecule has 0 bridgehead atoms. The third-order valence-corrected chi connectivity index (χ3v) is 3.89. The van der Waals surface area contributed by atoms with Crippen LogP contribution in [0.4, 0.5) is 0 Å². The average Bonchev–Trinajstić information content (AvgIpc) is 2.86. The summed E-state index contributed by atoms with van der Waals surface area (Å²) >= 11 is 0. The van der Waals surface area contributed by atoms with Gasteiger partial charge in [0.15, 0.2) is 5.78 Å². The van der Waals surface area contributed by atoms with E-state index in [2.05, 4.69) is 19.1 Å². The SMILES string of the molecule is CCCC[C@H]1CC(=O)[C@H](CCCOCc2ccccc2)O1. The highest BCUT2D eigenvalue weighted by atomic mass is 16.5. The number of hydrogen-bond donors (Lipinski definition) is 0. The normalized spacial score (nSPS) is 21.9. The highest BCUT2D eigenvalue weighted by Crippen LogP contribution is 2.23. The van der Waals surface area contributed by atoms with Crippen LogP contribution in [0.2, 0.25) is 0 Å². The van der Waals surface area contributed by atoms with Gasteiger partial charge in [0.25, 0.3) is 0 Å². The molecule has 116 valence electrons. The molecule has 1 aromatic rings. The molecular weight excluding hydrogens is 264 g/mol. The molecule has 1 aliphatic heterocycles. The molecule has 0 spiro atoms. The molecule has 0 N–H and O–H groups in total. The summed E-state index contributed by atoms with van der Waals surface area (Å²) in [4.78, 5) is 11.9. The van der Waals surface area contributed by atoms with Crippen molar-refractivity contribution >= 4 is 5.78 Å². The lowest BCUT2D eigenvalue weighted by molar-refractivity contribution is -0.123. The van der Waals surface area contributed by atoms with Crippen LogP contribution in [0.1, 0.15) is 51.0 Å². The molecule has 1 aromatic carbocycles. The molecule has 1 aliphatic rings. The fourth-order valence-corrected chi connectivity index (χ4v) is 2.68. The molecule has 3 nitrogen and oxygen atoms in total. The van der Waals surface area contributed by atoms with Gasteiger partial charge in [0.1, 0.15) is 6.10 Å². The summed E-state index contributed by atoms with van der Waals surface area (Å²) in [5, 5.41) is 0. The van der Waals surface area contributed by atoms with E-state index in [9.17, 15) is 4.79 Å². The number of Topliss-reactive ketones (excluding diaryl/α,β-unsaturated/α-hetero) is 1. The van der Waals surface area contributed by atoms with Gasteiger partial charge >= 0.3 is 0 Å². The Morgan fingerprint density at radius 1 is 1.19 bits per heavy atom. The van der Waals surface area contributed by atoms with Crippen molar-refractivity contribution in [2.75, 3.05) is 6.61 Å². The molecule has 3 heteroatoms. The van der Waals surface area contributed by atoms with Crippen molar-refractivity contribution in [2.24, 2.45) is 0 Å². The Morgan fingerprint density at radius 3 is 2.76 bits per heavy atom. The fourth-order valence-electron chi connectivity index (χ4n) is 2.68. The number of ether oxygens (including phenoxy) is 2. The summed E-state index contributed by atoms with van der Waals surface area (Å²) in [6.45, 7) is 3.49. The summed E-state index contributed by atoms with van der Waals surface area (Å²) in [6, 6.07) is 10.1. The highest BCUT2D eigenvalue weighted by molar-refractivity contribution is 5.85. The number of carbonyl (C=O) groups is 1. The number of rotatable bonds is 9. The summed E-state index contributed by atoms with van der Waals surface area (Å²) < 4.78 is 11.5. The van der Waals surface area contributed by atoms with Crippen molar-refractivity contribution in [2.45, 2.75) is 64.3 Å². The first kappa shape index (κ1) is 16.2. The third-order valence-electron chi connectivity index (χ3n) is 3.89. The van der Waals surface area contributed by atoms with E-state index in [0.29, 0.717) is 19.6 Å². The number of ketones is 1. The van der Waals surface area contributed by atoms with Gasteiger partial charge in [-0.15, -0.1) is 0 Å². The van der Waals surface area contributed by atoms with Gasteiger partial charge in [-0.3, -0.25) is 4.79 Å². The van der Waals surface area contributed by atoms with Crippen LogP contribution >= 0.6 is 0 Å². The van der Waals surface area contributed by atoms with Crippen LogP contribution in [0, 0.1) is 0 Å². The van der Waals surface area contributed by atoms with Crippen LogP contribution in [0.5, 0.6) is 0 Å². The minimum absolute atomic E-state index is 0.160. The van der Waals surface area contributed by atoms with Crippen LogP contribution in [0.3, 0.4) is 0 Å². The van der Waals surface area contributed by atoms with Gasteiger partial charge in [0.05, 0.1) is 12.7 Å².